The van der Waals surface area contributed by atoms with E-state index in [-0.39, 0.29) is 11.3 Å². The van der Waals surface area contributed by atoms with E-state index in [1.54, 1.807) is 17.3 Å². The van der Waals surface area contributed by atoms with Crippen molar-refractivity contribution >= 4 is 34.7 Å². The fraction of sp³-hybridized carbons (Fsp3) is 0.333. The third-order valence-corrected chi connectivity index (χ3v) is 5.19. The molecule has 3 nitrogen and oxygen atoms in total. The number of aromatic nitrogens is 2. The van der Waals surface area contributed by atoms with Gasteiger partial charge in [-0.3, -0.25) is 0 Å². The van der Waals surface area contributed by atoms with Crippen molar-refractivity contribution in [3.8, 4) is 0 Å². The molecule has 1 heterocycles. The largest absolute Gasteiger partial charge is 0.326 e. The van der Waals surface area contributed by atoms with Gasteiger partial charge in [-0.1, -0.05) is 59.8 Å². The summed E-state index contributed by atoms with van der Waals surface area (Å²) in [5, 5.41) is 8.77. The zero-order valence-corrected chi connectivity index (χ0v) is 12.3. The summed E-state index contributed by atoms with van der Waals surface area (Å²) in [6.45, 7) is 2.08. The number of hydrogen-bond donors (Lipinski definition) is 1. The molecule has 2 unspecified atom stereocenters. The highest BCUT2D eigenvalue weighted by atomic mass is 35.5. The number of nitrogens with two attached hydrogens (primary N) is 1. The van der Waals surface area contributed by atoms with Crippen molar-refractivity contribution in [1.82, 2.24) is 10.2 Å². The molecule has 0 amide bonds. The van der Waals surface area contributed by atoms with Crippen LogP contribution in [0.1, 0.15) is 24.2 Å². The minimum atomic E-state index is 0.0406. The molecule has 2 rings (SSSR count). The van der Waals surface area contributed by atoms with Crippen molar-refractivity contribution in [3.05, 3.63) is 40.4 Å². The Kier molecular flexibility index (Phi) is 5.00. The van der Waals surface area contributed by atoms with Crippen LogP contribution in [0.5, 0.6) is 0 Å². The third kappa shape index (κ3) is 3.23. The number of halogens is 1. The van der Waals surface area contributed by atoms with Crippen LogP contribution < -0.4 is 5.73 Å². The summed E-state index contributed by atoms with van der Waals surface area (Å²) in [6.07, 6.45) is 0.891. The fourth-order valence-electron chi connectivity index (χ4n) is 1.62. The van der Waals surface area contributed by atoms with Crippen LogP contribution >= 0.6 is 34.7 Å². The average molecular weight is 300 g/mol. The number of rotatable bonds is 5. The molecule has 0 radical (unpaired) electrons. The zero-order valence-electron chi connectivity index (χ0n) is 9.91. The van der Waals surface area contributed by atoms with E-state index in [4.69, 9.17) is 17.3 Å². The Morgan fingerprint density at radius 2 is 2.22 bits per heavy atom. The first-order valence-electron chi connectivity index (χ1n) is 5.65. The summed E-state index contributed by atoms with van der Waals surface area (Å²) in [7, 11) is 0. The van der Waals surface area contributed by atoms with Crippen LogP contribution in [-0.4, -0.2) is 16.2 Å². The molecule has 0 aliphatic rings. The zero-order chi connectivity index (χ0) is 13.0. The fourth-order valence-corrected chi connectivity index (χ4v) is 3.89. The van der Waals surface area contributed by atoms with Gasteiger partial charge in [0, 0.05) is 11.1 Å². The van der Waals surface area contributed by atoms with Gasteiger partial charge in [-0.25, -0.2) is 0 Å². The summed E-state index contributed by atoms with van der Waals surface area (Å²) in [4.78, 5) is 0. The Morgan fingerprint density at radius 1 is 1.44 bits per heavy atom. The van der Waals surface area contributed by atoms with Gasteiger partial charge in [0.1, 0.15) is 5.51 Å². The quantitative estimate of drug-likeness (QED) is 0.854. The van der Waals surface area contributed by atoms with E-state index in [1.807, 2.05) is 24.3 Å². The molecular formula is C12H14ClN3S2. The third-order valence-electron chi connectivity index (χ3n) is 2.64. The molecule has 0 saturated heterocycles. The Morgan fingerprint density at radius 3 is 2.83 bits per heavy atom. The SMILES string of the molecule is CCC(N)C(Sc1nncs1)c1ccccc1Cl. The maximum absolute atomic E-state index is 6.26. The highest BCUT2D eigenvalue weighted by Gasteiger charge is 2.23. The van der Waals surface area contributed by atoms with Crippen LogP contribution in [0.15, 0.2) is 34.1 Å². The Balaban J connectivity index is 2.28. The van der Waals surface area contributed by atoms with Crippen LogP contribution in [0.25, 0.3) is 0 Å². The van der Waals surface area contributed by atoms with Crippen LogP contribution in [0.2, 0.25) is 5.02 Å². The Hall–Kier alpha value is -0.620. The maximum Gasteiger partial charge on any atom is 0.174 e. The Bertz CT molecular complexity index is 490. The molecule has 0 bridgehead atoms. The molecule has 96 valence electrons. The molecule has 6 heteroatoms. The minimum Gasteiger partial charge on any atom is -0.326 e. The maximum atomic E-state index is 6.26. The van der Waals surface area contributed by atoms with E-state index in [1.165, 1.54) is 11.3 Å². The van der Waals surface area contributed by atoms with E-state index >= 15 is 0 Å². The van der Waals surface area contributed by atoms with Gasteiger partial charge in [-0.2, -0.15) is 0 Å². The van der Waals surface area contributed by atoms with E-state index in [0.717, 1.165) is 21.3 Å². The van der Waals surface area contributed by atoms with Crippen LogP contribution in [0, 0.1) is 0 Å². The monoisotopic (exact) mass is 299 g/mol. The second-order valence-corrected chi connectivity index (χ2v) is 6.47. The van der Waals surface area contributed by atoms with E-state index in [9.17, 15) is 0 Å². The smallest absolute Gasteiger partial charge is 0.174 e. The molecule has 0 fully saturated rings. The molecule has 0 aliphatic heterocycles. The van der Waals surface area contributed by atoms with E-state index in [2.05, 4.69) is 17.1 Å². The standard InChI is InChI=1S/C12H14ClN3S2/c1-2-10(14)11(18-12-16-15-7-17-12)8-5-3-4-6-9(8)13/h3-7,10-11H,2,14H2,1H3. The first-order chi connectivity index (χ1) is 8.72. The summed E-state index contributed by atoms with van der Waals surface area (Å²) in [6, 6.07) is 7.87. The van der Waals surface area contributed by atoms with Gasteiger partial charge in [0.05, 0.1) is 5.25 Å². The lowest BCUT2D eigenvalue weighted by Gasteiger charge is -2.22. The van der Waals surface area contributed by atoms with Gasteiger partial charge in [-0.15, -0.1) is 10.2 Å². The predicted molar refractivity (Wildman–Crippen MR) is 78.2 cm³/mol. The summed E-state index contributed by atoms with van der Waals surface area (Å²) < 4.78 is 0.920. The second-order valence-electron chi connectivity index (χ2n) is 3.84. The molecule has 0 aliphatic carbocycles. The van der Waals surface area contributed by atoms with Crippen LogP contribution in [-0.2, 0) is 0 Å². The normalized spacial score (nSPS) is 14.4. The van der Waals surface area contributed by atoms with E-state index < -0.39 is 0 Å². The number of hydrogen-bond acceptors (Lipinski definition) is 5. The predicted octanol–water partition coefficient (Wildman–Crippen LogP) is 3.76. The highest BCUT2D eigenvalue weighted by molar-refractivity contribution is 8.01. The van der Waals surface area contributed by atoms with Gasteiger partial charge in [-0.05, 0) is 18.1 Å². The summed E-state index contributed by atoms with van der Waals surface area (Å²) in [5.74, 6) is 0. The van der Waals surface area contributed by atoms with Gasteiger partial charge < -0.3 is 5.73 Å². The van der Waals surface area contributed by atoms with Crippen molar-refractivity contribution in [3.63, 3.8) is 0 Å². The molecule has 1 aromatic heterocycles. The summed E-state index contributed by atoms with van der Waals surface area (Å²) in [5.41, 5.74) is 9.00. The van der Waals surface area contributed by atoms with Crippen molar-refractivity contribution in [2.24, 2.45) is 5.73 Å². The number of benzene rings is 1. The van der Waals surface area contributed by atoms with Gasteiger partial charge in [0.15, 0.2) is 4.34 Å². The first kappa shape index (κ1) is 13.8. The Labute approximate surface area is 120 Å². The lowest BCUT2D eigenvalue weighted by atomic mass is 10.0. The van der Waals surface area contributed by atoms with Crippen molar-refractivity contribution in [1.29, 1.82) is 0 Å². The molecular weight excluding hydrogens is 286 g/mol. The van der Waals surface area contributed by atoms with Crippen molar-refractivity contribution in [2.45, 2.75) is 29.0 Å². The summed E-state index contributed by atoms with van der Waals surface area (Å²) >= 11 is 9.41. The molecule has 0 saturated carbocycles. The molecule has 18 heavy (non-hydrogen) atoms. The van der Waals surface area contributed by atoms with Crippen LogP contribution in [0.3, 0.4) is 0 Å². The molecule has 2 N–H and O–H groups in total. The second kappa shape index (κ2) is 6.52. The lowest BCUT2D eigenvalue weighted by molar-refractivity contribution is 0.634. The topological polar surface area (TPSA) is 51.8 Å². The number of nitrogens with zero attached hydrogens (tertiary/aromatic N) is 2. The average Bonchev–Trinajstić information content (AvgIpc) is 2.89. The molecule has 0 spiro atoms. The lowest BCUT2D eigenvalue weighted by Crippen LogP contribution is -2.25. The molecule has 2 aromatic rings. The van der Waals surface area contributed by atoms with Gasteiger partial charge in [0.2, 0.25) is 0 Å². The van der Waals surface area contributed by atoms with Crippen molar-refractivity contribution in [2.75, 3.05) is 0 Å². The van der Waals surface area contributed by atoms with E-state index in [0.29, 0.717) is 0 Å². The molecule has 1 aromatic carbocycles. The minimum absolute atomic E-state index is 0.0406. The van der Waals surface area contributed by atoms with Crippen LogP contribution in [0.4, 0.5) is 0 Å². The van der Waals surface area contributed by atoms with Gasteiger partial charge >= 0.3 is 0 Å². The highest BCUT2D eigenvalue weighted by Crippen LogP contribution is 2.41. The van der Waals surface area contributed by atoms with Gasteiger partial charge in [0.25, 0.3) is 0 Å². The molecule has 2 atom stereocenters. The van der Waals surface area contributed by atoms with Crippen molar-refractivity contribution < 1.29 is 0 Å². The number of thioether (sulfide) groups is 1. The first-order valence-corrected chi connectivity index (χ1v) is 7.79.